The number of esters is 1. The lowest BCUT2D eigenvalue weighted by atomic mass is 10.3. The van der Waals surface area contributed by atoms with Crippen molar-refractivity contribution < 1.29 is 27.0 Å². The van der Waals surface area contributed by atoms with Gasteiger partial charge in [-0.2, -0.15) is 8.42 Å². The normalized spacial score (nSPS) is 12.2. The van der Waals surface area contributed by atoms with Crippen LogP contribution in [-0.4, -0.2) is 63.0 Å². The Balaban J connectivity index is 3.80. The standard InChI is InChI=1S/C11H21NO5S/c1-4-11(13)17-9-5-7-12(2,3)8-6-10-18(14,15)16/h4H,1,5-10H2,2-3H3/p+1. The summed E-state index contributed by atoms with van der Waals surface area (Å²) in [5, 5.41) is 0. The predicted octanol–water partition coefficient (Wildman–Crippen LogP) is 0.460. The lowest BCUT2D eigenvalue weighted by molar-refractivity contribution is -0.890. The smallest absolute Gasteiger partial charge is 0.330 e. The van der Waals surface area contributed by atoms with E-state index in [0.29, 0.717) is 30.5 Å². The van der Waals surface area contributed by atoms with Gasteiger partial charge in [0.05, 0.1) is 39.5 Å². The average Bonchev–Trinajstić information content (AvgIpc) is 2.21. The van der Waals surface area contributed by atoms with Gasteiger partial charge in [-0.3, -0.25) is 4.55 Å². The molecule has 0 saturated carbocycles. The Morgan fingerprint density at radius 2 is 1.89 bits per heavy atom. The molecule has 0 saturated heterocycles. The van der Waals surface area contributed by atoms with E-state index in [1.807, 2.05) is 14.1 Å². The van der Waals surface area contributed by atoms with Gasteiger partial charge in [0.2, 0.25) is 0 Å². The van der Waals surface area contributed by atoms with Gasteiger partial charge in [-0.1, -0.05) is 6.58 Å². The number of ether oxygens (including phenoxy) is 1. The maximum atomic E-state index is 10.8. The van der Waals surface area contributed by atoms with E-state index >= 15 is 0 Å². The van der Waals surface area contributed by atoms with Crippen LogP contribution < -0.4 is 0 Å². The molecule has 0 amide bonds. The van der Waals surface area contributed by atoms with E-state index in [2.05, 4.69) is 6.58 Å². The van der Waals surface area contributed by atoms with E-state index in [-0.39, 0.29) is 5.75 Å². The van der Waals surface area contributed by atoms with Crippen LogP contribution >= 0.6 is 0 Å². The van der Waals surface area contributed by atoms with Crippen molar-refractivity contribution in [2.24, 2.45) is 0 Å². The SMILES string of the molecule is C=CC(=O)OCCC[N+](C)(C)CCCS(=O)(=O)O. The van der Waals surface area contributed by atoms with E-state index in [9.17, 15) is 13.2 Å². The van der Waals surface area contributed by atoms with Gasteiger partial charge in [0, 0.05) is 18.9 Å². The Kier molecular flexibility index (Phi) is 7.12. The lowest BCUT2D eigenvalue weighted by Crippen LogP contribution is -2.42. The van der Waals surface area contributed by atoms with E-state index in [0.717, 1.165) is 12.6 Å². The van der Waals surface area contributed by atoms with E-state index in [4.69, 9.17) is 9.29 Å². The third kappa shape index (κ3) is 10.2. The number of carbonyl (C=O) groups excluding carboxylic acids is 1. The molecule has 0 aliphatic carbocycles. The largest absolute Gasteiger partial charge is 0.462 e. The summed E-state index contributed by atoms with van der Waals surface area (Å²) in [6, 6.07) is 0. The molecule has 0 aromatic heterocycles. The van der Waals surface area contributed by atoms with Gasteiger partial charge in [-0.05, 0) is 0 Å². The Morgan fingerprint density at radius 3 is 2.39 bits per heavy atom. The Bertz CT molecular complexity index is 375. The van der Waals surface area contributed by atoms with E-state index in [1.54, 1.807) is 0 Å². The summed E-state index contributed by atoms with van der Waals surface area (Å²) in [6.07, 6.45) is 2.21. The van der Waals surface area contributed by atoms with Gasteiger partial charge in [-0.25, -0.2) is 4.79 Å². The van der Waals surface area contributed by atoms with Crippen molar-refractivity contribution in [1.82, 2.24) is 0 Å². The summed E-state index contributed by atoms with van der Waals surface area (Å²) in [5.41, 5.74) is 0. The summed E-state index contributed by atoms with van der Waals surface area (Å²) in [5.74, 6) is -0.660. The van der Waals surface area contributed by atoms with Crippen molar-refractivity contribution in [1.29, 1.82) is 0 Å². The first kappa shape index (κ1) is 17.1. The van der Waals surface area contributed by atoms with Crippen molar-refractivity contribution in [2.75, 3.05) is 39.5 Å². The third-order valence-electron chi connectivity index (χ3n) is 2.48. The first-order chi connectivity index (χ1) is 8.16. The van der Waals surface area contributed by atoms with Crippen LogP contribution in [0.4, 0.5) is 0 Å². The predicted molar refractivity (Wildman–Crippen MR) is 68.6 cm³/mol. The number of quaternary nitrogens is 1. The fourth-order valence-electron chi connectivity index (χ4n) is 1.51. The Labute approximate surface area is 109 Å². The van der Waals surface area contributed by atoms with Gasteiger partial charge < -0.3 is 9.22 Å². The Morgan fingerprint density at radius 1 is 1.33 bits per heavy atom. The molecule has 0 aliphatic rings. The molecule has 0 fully saturated rings. The molecule has 106 valence electrons. The number of nitrogens with zero attached hydrogens (tertiary/aromatic N) is 1. The zero-order valence-corrected chi connectivity index (χ0v) is 11.8. The molecule has 0 spiro atoms. The molecular formula is C11H22NO5S+. The van der Waals surface area contributed by atoms with E-state index < -0.39 is 16.1 Å². The molecule has 0 aromatic rings. The van der Waals surface area contributed by atoms with Crippen molar-refractivity contribution in [3.63, 3.8) is 0 Å². The molecular weight excluding hydrogens is 258 g/mol. The maximum absolute atomic E-state index is 10.8. The van der Waals surface area contributed by atoms with Crippen molar-refractivity contribution in [3.8, 4) is 0 Å². The average molecular weight is 280 g/mol. The maximum Gasteiger partial charge on any atom is 0.330 e. The molecule has 0 rings (SSSR count). The number of hydrogen-bond acceptors (Lipinski definition) is 4. The molecule has 0 unspecified atom stereocenters. The molecule has 0 aliphatic heterocycles. The highest BCUT2D eigenvalue weighted by molar-refractivity contribution is 7.85. The molecule has 0 bridgehead atoms. The third-order valence-corrected chi connectivity index (χ3v) is 3.29. The molecule has 0 atom stereocenters. The number of hydrogen-bond donors (Lipinski definition) is 1. The first-order valence-corrected chi connectivity index (χ1v) is 7.33. The second-order valence-corrected chi connectivity index (χ2v) is 6.32. The Hall–Kier alpha value is -0.920. The minimum absolute atomic E-state index is 0.222. The molecule has 1 N–H and O–H groups in total. The van der Waals surface area contributed by atoms with Crippen LogP contribution in [-0.2, 0) is 19.6 Å². The quantitative estimate of drug-likeness (QED) is 0.218. The minimum Gasteiger partial charge on any atom is -0.462 e. The van der Waals surface area contributed by atoms with Gasteiger partial charge in [0.25, 0.3) is 10.1 Å². The summed E-state index contributed by atoms with van der Waals surface area (Å²) in [4.78, 5) is 10.8. The van der Waals surface area contributed by atoms with Gasteiger partial charge in [-0.15, -0.1) is 0 Å². The van der Waals surface area contributed by atoms with Gasteiger partial charge >= 0.3 is 5.97 Å². The molecule has 0 heterocycles. The highest BCUT2D eigenvalue weighted by Crippen LogP contribution is 2.03. The van der Waals surface area contributed by atoms with Gasteiger partial charge in [0.15, 0.2) is 0 Å². The van der Waals surface area contributed by atoms with Crippen LogP contribution in [0.5, 0.6) is 0 Å². The molecule has 0 radical (unpaired) electrons. The zero-order chi connectivity index (χ0) is 14.2. The second-order valence-electron chi connectivity index (χ2n) is 4.75. The second kappa shape index (κ2) is 7.50. The fraction of sp³-hybridized carbons (Fsp3) is 0.727. The summed E-state index contributed by atoms with van der Waals surface area (Å²) in [7, 11) is 0.0385. The van der Waals surface area contributed by atoms with Crippen LogP contribution in [0.2, 0.25) is 0 Å². The highest BCUT2D eigenvalue weighted by Gasteiger charge is 2.16. The minimum atomic E-state index is -3.88. The van der Waals surface area contributed by atoms with Crippen LogP contribution in [0.3, 0.4) is 0 Å². The topological polar surface area (TPSA) is 80.7 Å². The summed E-state index contributed by atoms with van der Waals surface area (Å²) < 4.78 is 35.2. The summed E-state index contributed by atoms with van der Waals surface area (Å²) in [6.45, 7) is 5.01. The highest BCUT2D eigenvalue weighted by atomic mass is 32.2. The fourth-order valence-corrected chi connectivity index (χ4v) is 2.00. The molecule has 18 heavy (non-hydrogen) atoms. The van der Waals surface area contributed by atoms with Crippen molar-refractivity contribution in [2.45, 2.75) is 12.8 Å². The molecule has 0 aromatic carbocycles. The van der Waals surface area contributed by atoms with Crippen molar-refractivity contribution in [3.05, 3.63) is 12.7 Å². The van der Waals surface area contributed by atoms with Gasteiger partial charge in [0.1, 0.15) is 0 Å². The van der Waals surface area contributed by atoms with Crippen LogP contribution in [0.25, 0.3) is 0 Å². The van der Waals surface area contributed by atoms with Crippen molar-refractivity contribution >= 4 is 16.1 Å². The molecule has 6 nitrogen and oxygen atoms in total. The number of carbonyl (C=O) groups is 1. The molecule has 7 heteroatoms. The monoisotopic (exact) mass is 280 g/mol. The lowest BCUT2D eigenvalue weighted by Gasteiger charge is -2.29. The van der Waals surface area contributed by atoms with Crippen LogP contribution in [0.15, 0.2) is 12.7 Å². The number of rotatable bonds is 9. The first-order valence-electron chi connectivity index (χ1n) is 5.73. The van der Waals surface area contributed by atoms with Crippen LogP contribution in [0.1, 0.15) is 12.8 Å². The van der Waals surface area contributed by atoms with E-state index in [1.165, 1.54) is 0 Å². The van der Waals surface area contributed by atoms with Crippen LogP contribution in [0, 0.1) is 0 Å². The zero-order valence-electron chi connectivity index (χ0n) is 11.0. The summed E-state index contributed by atoms with van der Waals surface area (Å²) >= 11 is 0.